The standard InChI is InChI=1S/C8H11N.3CO.W/c1-9(2)8-6-4-3-5-7-8;3*1-2;/h3-7H,1-2H3;;;;. The third-order valence-corrected chi connectivity index (χ3v) is 1.27. The van der Waals surface area contributed by atoms with Crippen molar-refractivity contribution in [3.05, 3.63) is 50.3 Å². The van der Waals surface area contributed by atoms with Crippen molar-refractivity contribution in [1.29, 1.82) is 0 Å². The maximum absolute atomic E-state index is 7.50. The Bertz CT molecular complexity index is 266. The summed E-state index contributed by atoms with van der Waals surface area (Å²) in [5.41, 5.74) is 1.25. The third-order valence-electron chi connectivity index (χ3n) is 1.27. The Hall–Kier alpha value is -1.07. The predicted octanol–water partition coefficient (Wildman–Crippen LogP) is 1.64. The molecule has 0 heterocycles. The smallest absolute Gasteiger partial charge is 0 e. The van der Waals surface area contributed by atoms with E-state index in [0.29, 0.717) is 0 Å². The van der Waals surface area contributed by atoms with Gasteiger partial charge in [-0.2, -0.15) is 0 Å². The van der Waals surface area contributed by atoms with Crippen molar-refractivity contribution in [2.45, 2.75) is 0 Å². The fourth-order valence-corrected chi connectivity index (χ4v) is 0.726. The van der Waals surface area contributed by atoms with Gasteiger partial charge in [-0.15, -0.1) is 0 Å². The molecule has 0 spiro atoms. The summed E-state index contributed by atoms with van der Waals surface area (Å²) < 4.78 is 22.5. The molecule has 5 heteroatoms. The maximum Gasteiger partial charge on any atom is 0 e. The van der Waals surface area contributed by atoms with E-state index in [2.05, 4.69) is 37.0 Å². The van der Waals surface area contributed by atoms with Crippen LogP contribution in [-0.2, 0) is 35.0 Å². The van der Waals surface area contributed by atoms with E-state index in [1.807, 2.05) is 32.3 Å². The summed E-state index contributed by atoms with van der Waals surface area (Å²) in [7, 11) is 4.07. The molecule has 84 valence electrons. The van der Waals surface area contributed by atoms with Gasteiger partial charge in [-0.1, -0.05) is 18.2 Å². The Morgan fingerprint density at radius 2 is 1.12 bits per heavy atom. The van der Waals surface area contributed by atoms with Gasteiger partial charge in [-0.3, -0.25) is 0 Å². The van der Waals surface area contributed by atoms with Gasteiger partial charge in [0, 0.05) is 40.8 Å². The molecule has 0 fully saturated rings. The van der Waals surface area contributed by atoms with Gasteiger partial charge in [0.15, 0.2) is 0 Å². The molecule has 0 amide bonds. The van der Waals surface area contributed by atoms with Gasteiger partial charge < -0.3 is 4.90 Å². The second-order valence-corrected chi connectivity index (χ2v) is 2.23. The normalized spacial score (nSPS) is 5.50. The van der Waals surface area contributed by atoms with E-state index < -0.39 is 0 Å². The number of para-hydroxylation sites is 1. The van der Waals surface area contributed by atoms with Crippen LogP contribution in [0.25, 0.3) is 0 Å². The summed E-state index contributed by atoms with van der Waals surface area (Å²) in [5, 5.41) is 0. The maximum atomic E-state index is 7.50. The van der Waals surface area contributed by atoms with Crippen LogP contribution >= 0.6 is 0 Å². The van der Waals surface area contributed by atoms with Crippen molar-refractivity contribution in [2.24, 2.45) is 0 Å². The third kappa shape index (κ3) is 15.4. The van der Waals surface area contributed by atoms with Crippen LogP contribution in [0.1, 0.15) is 0 Å². The molecule has 0 aliphatic rings. The average molecular weight is 389 g/mol. The van der Waals surface area contributed by atoms with Crippen LogP contribution in [0.3, 0.4) is 0 Å². The molecule has 0 aromatic heterocycles. The Labute approximate surface area is 110 Å². The number of hydrogen-bond acceptors (Lipinski definition) is 1. The summed E-state index contributed by atoms with van der Waals surface area (Å²) in [6.07, 6.45) is 0. The molecule has 0 aliphatic carbocycles. The largest absolute Gasteiger partial charge is 0 e. The van der Waals surface area contributed by atoms with E-state index in [-0.39, 0.29) is 21.1 Å². The zero-order valence-electron chi connectivity index (χ0n) is 8.97. The van der Waals surface area contributed by atoms with Gasteiger partial charge in [-0.25, -0.2) is 0 Å². The average Bonchev–Trinajstić information content (AvgIpc) is 2.38. The van der Waals surface area contributed by atoms with Crippen molar-refractivity contribution in [3.8, 4) is 0 Å². The van der Waals surface area contributed by atoms with Crippen LogP contribution in [0.5, 0.6) is 0 Å². The molecule has 0 radical (unpaired) electrons. The molecule has 0 atom stereocenters. The molecule has 0 bridgehead atoms. The van der Waals surface area contributed by atoms with E-state index >= 15 is 0 Å². The monoisotopic (exact) mass is 389 g/mol. The summed E-state index contributed by atoms with van der Waals surface area (Å²) in [5.74, 6) is 0. The van der Waals surface area contributed by atoms with E-state index in [4.69, 9.17) is 14.0 Å². The first kappa shape index (κ1) is 24.2. The second kappa shape index (κ2) is 23.6. The molecule has 1 rings (SSSR count). The van der Waals surface area contributed by atoms with Crippen molar-refractivity contribution in [3.63, 3.8) is 0 Å². The Morgan fingerprint density at radius 3 is 1.31 bits per heavy atom. The van der Waals surface area contributed by atoms with Crippen molar-refractivity contribution in [1.82, 2.24) is 0 Å². The summed E-state index contributed by atoms with van der Waals surface area (Å²) in [4.78, 5) is 2.08. The molecule has 16 heavy (non-hydrogen) atoms. The molecule has 0 aliphatic heterocycles. The fraction of sp³-hybridized carbons (Fsp3) is 0.182. The van der Waals surface area contributed by atoms with Crippen LogP contribution in [0.2, 0.25) is 0 Å². The zero-order chi connectivity index (χ0) is 12.7. The van der Waals surface area contributed by atoms with Gasteiger partial charge in [0.05, 0.1) is 0 Å². The van der Waals surface area contributed by atoms with Gasteiger partial charge in [-0.05, 0) is 12.1 Å². The number of benzene rings is 1. The van der Waals surface area contributed by atoms with E-state index in [9.17, 15) is 0 Å². The molecule has 0 unspecified atom stereocenters. The molecule has 4 nitrogen and oxygen atoms in total. The SMILES string of the molecule is CN(C)c1ccccc1.[C-]#[O+].[C-]#[O+].[C-]#[O+].[W]. The zero-order valence-corrected chi connectivity index (χ0v) is 11.9. The summed E-state index contributed by atoms with van der Waals surface area (Å²) >= 11 is 0. The first-order valence-electron chi connectivity index (χ1n) is 3.64. The summed E-state index contributed by atoms with van der Waals surface area (Å²) in [6.45, 7) is 13.5. The number of nitrogens with zero attached hydrogens (tertiary/aromatic N) is 1. The van der Waals surface area contributed by atoms with Crippen molar-refractivity contribution >= 4 is 5.69 Å². The van der Waals surface area contributed by atoms with Gasteiger partial charge in [0.25, 0.3) is 0 Å². The number of anilines is 1. The number of rotatable bonds is 1. The minimum absolute atomic E-state index is 0. The topological polar surface area (TPSA) is 62.9 Å². The second-order valence-electron chi connectivity index (χ2n) is 2.23. The van der Waals surface area contributed by atoms with Crippen LogP contribution in [0.4, 0.5) is 5.69 Å². The van der Waals surface area contributed by atoms with Gasteiger partial charge in [0.1, 0.15) is 0 Å². The van der Waals surface area contributed by atoms with Crippen LogP contribution in [-0.4, -0.2) is 14.1 Å². The molecule has 0 N–H and O–H groups in total. The molecular weight excluding hydrogens is 378 g/mol. The molecule has 0 saturated carbocycles. The first-order valence-corrected chi connectivity index (χ1v) is 3.64. The molecule has 1 aromatic rings. The van der Waals surface area contributed by atoms with Crippen LogP contribution in [0.15, 0.2) is 30.3 Å². The predicted molar refractivity (Wildman–Crippen MR) is 52.6 cm³/mol. The van der Waals surface area contributed by atoms with Crippen molar-refractivity contribution in [2.75, 3.05) is 19.0 Å². The first-order chi connectivity index (χ1) is 7.30. The Balaban J connectivity index is -0.0000000900. The molecule has 0 saturated heterocycles. The van der Waals surface area contributed by atoms with E-state index in [0.717, 1.165) is 0 Å². The fourth-order valence-electron chi connectivity index (χ4n) is 0.726. The molecular formula is C11H11NO3W. The van der Waals surface area contributed by atoms with Gasteiger partial charge in [0.2, 0.25) is 0 Å². The molecule has 1 aromatic carbocycles. The Kier molecular flexibility index (Phi) is 35.8. The number of hydrogen-bond donors (Lipinski definition) is 0. The van der Waals surface area contributed by atoms with Crippen molar-refractivity contribution < 1.29 is 35.0 Å². The quantitative estimate of drug-likeness (QED) is 0.532. The van der Waals surface area contributed by atoms with Gasteiger partial charge >= 0.3 is 33.9 Å². The van der Waals surface area contributed by atoms with Crippen LogP contribution < -0.4 is 4.90 Å². The summed E-state index contributed by atoms with van der Waals surface area (Å²) in [6, 6.07) is 10.3. The Morgan fingerprint density at radius 1 is 0.812 bits per heavy atom. The van der Waals surface area contributed by atoms with Crippen LogP contribution in [0, 0.1) is 20.0 Å². The van der Waals surface area contributed by atoms with E-state index in [1.165, 1.54) is 5.69 Å². The minimum atomic E-state index is 0. The van der Waals surface area contributed by atoms with E-state index in [1.54, 1.807) is 0 Å². The minimum Gasteiger partial charge on any atom is 0 e.